The largest absolute Gasteiger partial charge is 0.250 e. The number of hydrogen-bond acceptors (Lipinski definition) is 3. The molecular formula is C9H13Br2NO2S2. The lowest BCUT2D eigenvalue weighted by molar-refractivity contribution is 0.485. The Kier molecular flexibility index (Phi) is 5.44. The molecule has 1 rings (SSSR count). The first-order chi connectivity index (χ1) is 7.36. The fourth-order valence-corrected chi connectivity index (χ4v) is 4.93. The van der Waals surface area contributed by atoms with Crippen LogP contribution in [0.15, 0.2) is 20.1 Å². The average Bonchev–Trinajstić information content (AvgIpc) is 2.63. The van der Waals surface area contributed by atoms with Crippen molar-refractivity contribution in [1.82, 2.24) is 4.72 Å². The second-order valence-corrected chi connectivity index (χ2v) is 8.65. The van der Waals surface area contributed by atoms with Gasteiger partial charge in [-0.1, -0.05) is 22.9 Å². The highest BCUT2D eigenvalue weighted by Crippen LogP contribution is 2.26. The number of sulfonamides is 1. The second kappa shape index (κ2) is 5.95. The van der Waals surface area contributed by atoms with Crippen molar-refractivity contribution in [2.24, 2.45) is 5.92 Å². The van der Waals surface area contributed by atoms with Crippen LogP contribution in [-0.2, 0) is 10.0 Å². The summed E-state index contributed by atoms with van der Waals surface area (Å²) in [5, 5.41) is 0.769. The molecule has 1 aromatic rings. The van der Waals surface area contributed by atoms with E-state index in [1.807, 2.05) is 13.8 Å². The number of alkyl halides is 1. The van der Waals surface area contributed by atoms with Crippen molar-refractivity contribution in [1.29, 1.82) is 0 Å². The van der Waals surface area contributed by atoms with Gasteiger partial charge >= 0.3 is 0 Å². The van der Waals surface area contributed by atoms with E-state index in [0.29, 0.717) is 4.21 Å². The number of nitrogens with one attached hydrogen (secondary N) is 1. The Labute approximate surface area is 117 Å². The van der Waals surface area contributed by atoms with Gasteiger partial charge < -0.3 is 0 Å². The molecule has 0 bridgehead atoms. The Morgan fingerprint density at radius 2 is 2.06 bits per heavy atom. The van der Waals surface area contributed by atoms with Gasteiger partial charge in [0.15, 0.2) is 0 Å². The van der Waals surface area contributed by atoms with Crippen LogP contribution in [0.5, 0.6) is 0 Å². The Morgan fingerprint density at radius 1 is 1.44 bits per heavy atom. The van der Waals surface area contributed by atoms with E-state index in [0.717, 1.165) is 9.12 Å². The molecule has 0 fully saturated rings. The summed E-state index contributed by atoms with van der Waals surface area (Å²) in [6.07, 6.45) is 0. The van der Waals surface area contributed by atoms with Crippen LogP contribution in [-0.4, -0.2) is 19.8 Å². The lowest BCUT2D eigenvalue weighted by Crippen LogP contribution is -2.37. The van der Waals surface area contributed by atoms with Crippen molar-refractivity contribution in [2.45, 2.75) is 24.1 Å². The maximum Gasteiger partial charge on any atom is 0.250 e. The van der Waals surface area contributed by atoms with Crippen LogP contribution in [0.4, 0.5) is 0 Å². The zero-order chi connectivity index (χ0) is 12.3. The number of halogens is 2. The number of rotatable bonds is 5. The quantitative estimate of drug-likeness (QED) is 0.784. The second-order valence-electron chi connectivity index (χ2n) is 3.60. The van der Waals surface area contributed by atoms with Gasteiger partial charge in [0, 0.05) is 11.4 Å². The zero-order valence-corrected chi connectivity index (χ0v) is 13.7. The summed E-state index contributed by atoms with van der Waals surface area (Å²) in [4.78, 5) is 0. The van der Waals surface area contributed by atoms with Gasteiger partial charge in [-0.3, -0.25) is 0 Å². The van der Waals surface area contributed by atoms with Crippen molar-refractivity contribution in [2.75, 3.05) is 5.33 Å². The van der Waals surface area contributed by atoms with Crippen molar-refractivity contribution >= 4 is 53.2 Å². The Bertz CT molecular complexity index is 444. The topological polar surface area (TPSA) is 46.2 Å². The summed E-state index contributed by atoms with van der Waals surface area (Å²) in [5.41, 5.74) is 0. The third-order valence-corrected chi connectivity index (χ3v) is 6.95. The minimum atomic E-state index is -3.38. The minimum absolute atomic E-state index is 0.0924. The van der Waals surface area contributed by atoms with Crippen LogP contribution in [0.3, 0.4) is 0 Å². The summed E-state index contributed by atoms with van der Waals surface area (Å²) in [6, 6.07) is 3.24. The van der Waals surface area contributed by atoms with Gasteiger partial charge in [-0.05, 0) is 40.9 Å². The van der Waals surface area contributed by atoms with Crippen LogP contribution < -0.4 is 4.72 Å². The highest BCUT2D eigenvalue weighted by atomic mass is 79.9. The molecule has 7 heteroatoms. The summed E-state index contributed by atoms with van der Waals surface area (Å²) in [7, 11) is -3.38. The fourth-order valence-electron chi connectivity index (χ4n) is 0.995. The molecule has 0 amide bonds. The third kappa shape index (κ3) is 3.80. The summed E-state index contributed by atoms with van der Waals surface area (Å²) >= 11 is 7.81. The molecule has 92 valence electrons. The van der Waals surface area contributed by atoms with Gasteiger partial charge in [0.2, 0.25) is 10.0 Å². The molecule has 2 atom stereocenters. The molecule has 1 heterocycles. The van der Waals surface area contributed by atoms with E-state index in [9.17, 15) is 8.42 Å². The highest BCUT2D eigenvalue weighted by Gasteiger charge is 2.21. The first-order valence-corrected chi connectivity index (χ1v) is 8.92. The normalized spacial score (nSPS) is 16.0. The molecule has 16 heavy (non-hydrogen) atoms. The molecule has 0 aliphatic heterocycles. The van der Waals surface area contributed by atoms with Crippen molar-refractivity contribution in [3.63, 3.8) is 0 Å². The molecule has 0 aliphatic carbocycles. The molecule has 0 saturated heterocycles. The summed E-state index contributed by atoms with van der Waals surface area (Å²) in [5.74, 6) is 0.248. The number of thiophene rings is 1. The first kappa shape index (κ1) is 14.6. The average molecular weight is 391 g/mol. The standard InChI is InChI=1S/C9H13Br2NO2S2/c1-6(5-10)7(2)12-16(13,14)9-4-3-8(11)15-9/h3-4,6-7,12H,5H2,1-2H3. The lowest BCUT2D eigenvalue weighted by Gasteiger charge is -2.18. The maximum atomic E-state index is 11.9. The van der Waals surface area contributed by atoms with E-state index in [-0.39, 0.29) is 12.0 Å². The van der Waals surface area contributed by atoms with Crippen LogP contribution >= 0.6 is 43.2 Å². The molecule has 0 aliphatic rings. The van der Waals surface area contributed by atoms with E-state index in [4.69, 9.17) is 0 Å². The zero-order valence-electron chi connectivity index (χ0n) is 8.91. The molecule has 1 N–H and O–H groups in total. The maximum absolute atomic E-state index is 11.9. The van der Waals surface area contributed by atoms with Gasteiger partial charge in [0.25, 0.3) is 0 Å². The van der Waals surface area contributed by atoms with Crippen LogP contribution in [0.1, 0.15) is 13.8 Å². The van der Waals surface area contributed by atoms with Crippen LogP contribution in [0, 0.1) is 5.92 Å². The van der Waals surface area contributed by atoms with Gasteiger partial charge in [0.1, 0.15) is 4.21 Å². The fraction of sp³-hybridized carbons (Fsp3) is 0.556. The van der Waals surface area contributed by atoms with Crippen molar-refractivity contribution in [3.8, 4) is 0 Å². The van der Waals surface area contributed by atoms with Crippen LogP contribution in [0.2, 0.25) is 0 Å². The number of hydrogen-bond donors (Lipinski definition) is 1. The predicted octanol–water partition coefficient (Wildman–Crippen LogP) is 3.21. The lowest BCUT2D eigenvalue weighted by atomic mass is 10.1. The smallest absolute Gasteiger partial charge is 0.207 e. The van der Waals surface area contributed by atoms with Gasteiger partial charge in [-0.2, -0.15) is 0 Å². The molecule has 1 aromatic heterocycles. The van der Waals surface area contributed by atoms with E-state index in [1.54, 1.807) is 12.1 Å². The molecule has 3 nitrogen and oxygen atoms in total. The molecule has 0 radical (unpaired) electrons. The minimum Gasteiger partial charge on any atom is -0.207 e. The van der Waals surface area contributed by atoms with E-state index < -0.39 is 10.0 Å². The van der Waals surface area contributed by atoms with Gasteiger partial charge in [0.05, 0.1) is 3.79 Å². The molecule has 0 aromatic carbocycles. The van der Waals surface area contributed by atoms with E-state index in [2.05, 4.69) is 36.6 Å². The molecular weight excluding hydrogens is 378 g/mol. The summed E-state index contributed by atoms with van der Waals surface area (Å²) in [6.45, 7) is 3.86. The highest BCUT2D eigenvalue weighted by molar-refractivity contribution is 9.11. The third-order valence-electron chi connectivity index (χ3n) is 2.25. The first-order valence-electron chi connectivity index (χ1n) is 4.70. The molecule has 0 saturated carbocycles. The van der Waals surface area contributed by atoms with E-state index >= 15 is 0 Å². The van der Waals surface area contributed by atoms with Crippen molar-refractivity contribution in [3.05, 3.63) is 15.9 Å². The molecule has 0 spiro atoms. The van der Waals surface area contributed by atoms with Crippen molar-refractivity contribution < 1.29 is 8.42 Å². The Hall–Kier alpha value is 0.570. The van der Waals surface area contributed by atoms with E-state index in [1.165, 1.54) is 11.3 Å². The predicted molar refractivity (Wildman–Crippen MR) is 74.8 cm³/mol. The Balaban J connectivity index is 2.80. The van der Waals surface area contributed by atoms with Gasteiger partial charge in [-0.15, -0.1) is 11.3 Å². The summed E-state index contributed by atoms with van der Waals surface area (Å²) < 4.78 is 27.7. The monoisotopic (exact) mass is 389 g/mol. The Morgan fingerprint density at radius 3 is 2.50 bits per heavy atom. The SMILES string of the molecule is CC(CBr)C(C)NS(=O)(=O)c1ccc(Br)s1. The van der Waals surface area contributed by atoms with Crippen LogP contribution in [0.25, 0.3) is 0 Å². The molecule has 2 unspecified atom stereocenters. The van der Waals surface area contributed by atoms with Gasteiger partial charge in [-0.25, -0.2) is 13.1 Å².